The molecule has 0 heterocycles. The van der Waals surface area contributed by atoms with Crippen LogP contribution in [0.2, 0.25) is 0 Å². The van der Waals surface area contributed by atoms with Crippen LogP contribution >= 0.6 is 15.9 Å². The van der Waals surface area contributed by atoms with Crippen LogP contribution in [0.1, 0.15) is 169 Å². The van der Waals surface area contributed by atoms with Gasteiger partial charge in [0, 0.05) is 5.41 Å². The van der Waals surface area contributed by atoms with E-state index in [2.05, 4.69) is 115 Å². The Balaban J connectivity index is 0.00000391. The van der Waals surface area contributed by atoms with Crippen molar-refractivity contribution in [1.82, 2.24) is 0 Å². The van der Waals surface area contributed by atoms with Gasteiger partial charge in [-0.2, -0.15) is 0 Å². The number of allylic oxidation sites excluding steroid dienone is 5. The highest BCUT2D eigenvalue weighted by molar-refractivity contribution is 9.08. The van der Waals surface area contributed by atoms with Crippen molar-refractivity contribution in [2.24, 2.45) is 5.41 Å². The normalized spacial score (nSPS) is 15.1. The van der Waals surface area contributed by atoms with Crippen LogP contribution in [0.15, 0.2) is 48.1 Å². The molecule has 1 aliphatic carbocycles. The second-order valence-electron chi connectivity index (χ2n) is 14.2. The monoisotopic (exact) mass is 612 g/mol. The number of alkyl halides is 1. The minimum Gasteiger partial charge on any atom is -0.0984 e. The maximum Gasteiger partial charge on any atom is 0.0215 e. The van der Waals surface area contributed by atoms with E-state index in [1.165, 1.54) is 112 Å². The molecule has 1 heteroatoms. The van der Waals surface area contributed by atoms with Crippen molar-refractivity contribution in [2.45, 2.75) is 163 Å². The number of fused-ring (bicyclic) bond motifs is 1. The first-order chi connectivity index (χ1) is 18.9. The molecule has 0 amide bonds. The third kappa shape index (κ3) is 10.3. The van der Waals surface area contributed by atoms with E-state index in [9.17, 15) is 0 Å². The van der Waals surface area contributed by atoms with E-state index in [1.807, 2.05) is 5.83 Å². The molecule has 0 aliphatic heterocycles. The van der Waals surface area contributed by atoms with Gasteiger partial charge >= 0.3 is 0 Å². The van der Waals surface area contributed by atoms with Crippen molar-refractivity contribution in [3.8, 4) is 0 Å². The maximum absolute atomic E-state index is 4.37. The van der Waals surface area contributed by atoms with Crippen LogP contribution in [0.4, 0.5) is 0 Å². The summed E-state index contributed by atoms with van der Waals surface area (Å²) in [7, 11) is 0. The van der Waals surface area contributed by atoms with Gasteiger partial charge in [-0.05, 0) is 64.3 Å². The summed E-state index contributed by atoms with van der Waals surface area (Å²) in [5.41, 5.74) is 9.34. The van der Waals surface area contributed by atoms with Crippen LogP contribution in [0.3, 0.4) is 0 Å². The summed E-state index contributed by atoms with van der Waals surface area (Å²) in [6.07, 6.45) is 23.5. The Morgan fingerprint density at radius 1 is 0.775 bits per heavy atom. The summed E-state index contributed by atoms with van der Waals surface area (Å²) in [6.45, 7) is 25.5. The molecule has 0 spiro atoms. The molecule has 228 valence electrons. The van der Waals surface area contributed by atoms with Gasteiger partial charge in [0.15, 0.2) is 0 Å². The molecule has 1 aromatic carbocycles. The summed E-state index contributed by atoms with van der Waals surface area (Å²) in [5, 5.41) is 0. The molecule has 0 atom stereocenters. The summed E-state index contributed by atoms with van der Waals surface area (Å²) in [4.78, 5) is 0. The predicted octanol–water partition coefficient (Wildman–Crippen LogP) is 13.7. The topological polar surface area (TPSA) is 0 Å². The molecule has 0 bridgehead atoms. The van der Waals surface area contributed by atoms with Crippen molar-refractivity contribution >= 4 is 21.5 Å². The Morgan fingerprint density at radius 3 is 1.68 bits per heavy atom. The highest BCUT2D eigenvalue weighted by Crippen LogP contribution is 2.54. The Labute approximate surface area is 259 Å². The van der Waals surface area contributed by atoms with Gasteiger partial charge in [-0.25, -0.2) is 0 Å². The molecule has 0 radical (unpaired) electrons. The lowest BCUT2D eigenvalue weighted by Gasteiger charge is -2.36. The van der Waals surface area contributed by atoms with E-state index in [4.69, 9.17) is 0 Å². The van der Waals surface area contributed by atoms with Crippen LogP contribution in [0.25, 0.3) is 5.57 Å². The van der Waals surface area contributed by atoms with Crippen LogP contribution in [-0.2, 0) is 10.8 Å². The second-order valence-corrected chi connectivity index (χ2v) is 14.2. The zero-order valence-corrected chi connectivity index (χ0v) is 30.0. The third-order valence-corrected chi connectivity index (χ3v) is 9.16. The largest absolute Gasteiger partial charge is 0.0984 e. The van der Waals surface area contributed by atoms with Gasteiger partial charge in [0.2, 0.25) is 0 Å². The van der Waals surface area contributed by atoms with Gasteiger partial charge in [0.05, 0.1) is 0 Å². The second kappa shape index (κ2) is 17.8. The summed E-state index contributed by atoms with van der Waals surface area (Å²) in [5.74, 6) is 1.81. The third-order valence-electron chi connectivity index (χ3n) is 9.16. The summed E-state index contributed by atoms with van der Waals surface area (Å²) in [6, 6.07) is 7.41. The molecule has 0 fully saturated rings. The molecule has 0 aromatic heterocycles. The van der Waals surface area contributed by atoms with Gasteiger partial charge < -0.3 is 0 Å². The van der Waals surface area contributed by atoms with Crippen molar-refractivity contribution < 1.29 is 0 Å². The Morgan fingerprint density at radius 2 is 1.25 bits per heavy atom. The van der Waals surface area contributed by atoms with Gasteiger partial charge in [0.25, 0.3) is 0 Å². The minimum atomic E-state index is 0.0993. The number of hydrogen-bond acceptors (Lipinski definition) is 0. The van der Waals surface area contributed by atoms with Crippen molar-refractivity contribution in [1.29, 1.82) is 0 Å². The molecule has 0 unspecified atom stereocenters. The zero-order chi connectivity index (χ0) is 30.4. The number of hydrogen-bond donors (Lipinski definition) is 0. The first-order valence-electron chi connectivity index (χ1n) is 16.5. The standard InChI is InChI=1S/C38H62.CH3Br/c1-11-14-16-18-20-22-26-38(27-23-21-19-17-15-12-2)34(28-30(4)36(5,6)7)32(13-3)33-25-24-31(29-35(33)38)37(8,9)10;1-2/h13,24-25,28-29H,3,11-12,14-23,26-27H2,1-2,4-10H3;1H3/b30-28+;. The fraction of sp³-hybridized carbons (Fsp3) is 0.692. The van der Waals surface area contributed by atoms with Crippen LogP contribution in [-0.4, -0.2) is 5.83 Å². The molecule has 2 rings (SSSR count). The van der Waals surface area contributed by atoms with Crippen LogP contribution in [0.5, 0.6) is 0 Å². The van der Waals surface area contributed by atoms with E-state index in [-0.39, 0.29) is 16.2 Å². The molecule has 0 N–H and O–H groups in total. The SMILES string of the molecule is C=CC1=C(/C=C(\C)C(C)(C)C)C(CCCCCCCC)(CCCCCCCC)c2cc(C(C)(C)C)ccc21.CBr. The highest BCUT2D eigenvalue weighted by Gasteiger charge is 2.43. The predicted molar refractivity (Wildman–Crippen MR) is 188 cm³/mol. The highest BCUT2D eigenvalue weighted by atomic mass is 79.9. The fourth-order valence-corrected chi connectivity index (χ4v) is 6.14. The number of benzene rings is 1. The van der Waals surface area contributed by atoms with E-state index in [1.54, 1.807) is 11.1 Å². The molecule has 0 nitrogen and oxygen atoms in total. The zero-order valence-electron chi connectivity index (χ0n) is 28.4. The van der Waals surface area contributed by atoms with E-state index in [0.717, 1.165) is 0 Å². The Hall–Kier alpha value is -1.08. The quantitative estimate of drug-likeness (QED) is 0.129. The fourth-order valence-electron chi connectivity index (χ4n) is 6.14. The lowest BCUT2D eigenvalue weighted by molar-refractivity contribution is 0.393. The Kier molecular flexibility index (Phi) is 16.4. The first kappa shape index (κ1) is 36.9. The summed E-state index contributed by atoms with van der Waals surface area (Å²) >= 11 is 2.94. The van der Waals surface area contributed by atoms with Gasteiger partial charge in [-0.1, -0.05) is 191 Å². The van der Waals surface area contributed by atoms with Crippen LogP contribution in [0, 0.1) is 5.41 Å². The van der Waals surface area contributed by atoms with Crippen LogP contribution < -0.4 is 0 Å². The average molecular weight is 614 g/mol. The lowest BCUT2D eigenvalue weighted by atomic mass is 9.68. The number of halogens is 1. The van der Waals surface area contributed by atoms with E-state index in [0.29, 0.717) is 0 Å². The van der Waals surface area contributed by atoms with Gasteiger partial charge in [0.1, 0.15) is 0 Å². The maximum atomic E-state index is 4.37. The number of rotatable bonds is 16. The smallest absolute Gasteiger partial charge is 0.0215 e. The van der Waals surface area contributed by atoms with Crippen molar-refractivity contribution in [3.05, 3.63) is 64.8 Å². The molecule has 1 aromatic rings. The summed E-state index contributed by atoms with van der Waals surface area (Å²) < 4.78 is 0. The molecular formula is C39H65Br. The van der Waals surface area contributed by atoms with E-state index < -0.39 is 0 Å². The first-order valence-corrected chi connectivity index (χ1v) is 18.1. The van der Waals surface area contributed by atoms with Gasteiger partial charge in [-0.3, -0.25) is 0 Å². The Bertz CT molecular complexity index is 928. The van der Waals surface area contributed by atoms with Gasteiger partial charge in [-0.15, -0.1) is 0 Å². The van der Waals surface area contributed by atoms with Crippen molar-refractivity contribution in [3.63, 3.8) is 0 Å². The molecule has 0 saturated heterocycles. The van der Waals surface area contributed by atoms with Crippen molar-refractivity contribution in [2.75, 3.05) is 5.83 Å². The van der Waals surface area contributed by atoms with E-state index >= 15 is 0 Å². The molecule has 1 aliphatic rings. The lowest BCUT2D eigenvalue weighted by Crippen LogP contribution is -2.28. The molecule has 0 saturated carbocycles. The molecule has 40 heavy (non-hydrogen) atoms. The number of unbranched alkanes of at least 4 members (excludes halogenated alkanes) is 10. The average Bonchev–Trinajstić information content (AvgIpc) is 3.16. The molecular weight excluding hydrogens is 548 g/mol. The minimum absolute atomic E-state index is 0.0993.